The molecule has 1 aromatic carbocycles. The first-order chi connectivity index (χ1) is 7.55. The molecule has 3 heteroatoms. The van der Waals surface area contributed by atoms with Gasteiger partial charge in [-0.25, -0.2) is 0 Å². The van der Waals surface area contributed by atoms with E-state index in [-0.39, 0.29) is 0 Å². The maximum atomic E-state index is 6.11. The number of hydrogen-bond acceptors (Lipinski definition) is 1. The van der Waals surface area contributed by atoms with E-state index in [1.165, 1.54) is 18.5 Å². The Bertz CT molecular complexity index is 446. The van der Waals surface area contributed by atoms with Crippen molar-refractivity contribution in [2.24, 2.45) is 5.92 Å². The number of hydrogen-bond donors (Lipinski definition) is 0. The van der Waals surface area contributed by atoms with Gasteiger partial charge in [-0.1, -0.05) is 29.3 Å². The summed E-state index contributed by atoms with van der Waals surface area (Å²) in [7, 11) is 2.20. The van der Waals surface area contributed by atoms with Gasteiger partial charge >= 0.3 is 0 Å². The lowest BCUT2D eigenvalue weighted by molar-refractivity contribution is 0.273. The Kier molecular flexibility index (Phi) is 2.30. The number of likely N-dealkylation sites (N-methyl/N-ethyl adjacent to an activating group) is 1. The van der Waals surface area contributed by atoms with E-state index < -0.39 is 0 Å². The van der Waals surface area contributed by atoms with Crippen molar-refractivity contribution in [3.63, 3.8) is 0 Å². The second-order valence-electron chi connectivity index (χ2n) is 5.19. The molecular formula is C13H15Cl2N. The second-order valence-corrected chi connectivity index (χ2v) is 6.00. The molecule has 2 unspecified atom stereocenters. The van der Waals surface area contributed by atoms with Crippen LogP contribution in [0, 0.1) is 5.92 Å². The molecule has 2 aliphatic rings. The minimum Gasteiger partial charge on any atom is -0.302 e. The monoisotopic (exact) mass is 255 g/mol. The SMILES string of the molecule is CC1N(C)CC2C[C@]21c1ccc(Cl)c(Cl)c1. The van der Waals surface area contributed by atoms with Crippen molar-refractivity contribution in [3.8, 4) is 0 Å². The fraction of sp³-hybridized carbons (Fsp3) is 0.538. The molecule has 16 heavy (non-hydrogen) atoms. The maximum Gasteiger partial charge on any atom is 0.0595 e. The van der Waals surface area contributed by atoms with E-state index >= 15 is 0 Å². The molecule has 3 atom stereocenters. The summed E-state index contributed by atoms with van der Waals surface area (Å²) >= 11 is 12.1. The summed E-state index contributed by atoms with van der Waals surface area (Å²) in [5, 5.41) is 1.33. The average Bonchev–Trinajstić information content (AvgIpc) is 2.90. The van der Waals surface area contributed by atoms with Crippen molar-refractivity contribution < 1.29 is 0 Å². The highest BCUT2D eigenvalue weighted by atomic mass is 35.5. The number of rotatable bonds is 1. The molecule has 0 radical (unpaired) electrons. The van der Waals surface area contributed by atoms with Crippen molar-refractivity contribution in [3.05, 3.63) is 33.8 Å². The van der Waals surface area contributed by atoms with Gasteiger partial charge in [0.1, 0.15) is 0 Å². The van der Waals surface area contributed by atoms with Gasteiger partial charge in [-0.05, 0) is 44.0 Å². The van der Waals surface area contributed by atoms with Crippen LogP contribution in [0.5, 0.6) is 0 Å². The van der Waals surface area contributed by atoms with Crippen LogP contribution < -0.4 is 0 Å². The number of likely N-dealkylation sites (tertiary alicyclic amines) is 1. The van der Waals surface area contributed by atoms with E-state index in [9.17, 15) is 0 Å². The molecule has 0 N–H and O–H groups in total. The quantitative estimate of drug-likeness (QED) is 0.742. The van der Waals surface area contributed by atoms with E-state index in [0.29, 0.717) is 21.5 Å². The fourth-order valence-electron chi connectivity index (χ4n) is 3.37. The number of nitrogens with zero attached hydrogens (tertiary/aromatic N) is 1. The van der Waals surface area contributed by atoms with Crippen molar-refractivity contribution in [1.82, 2.24) is 4.90 Å². The lowest BCUT2D eigenvalue weighted by atomic mass is 9.89. The Morgan fingerprint density at radius 1 is 1.31 bits per heavy atom. The summed E-state index contributed by atoms with van der Waals surface area (Å²) in [6, 6.07) is 6.73. The van der Waals surface area contributed by atoms with Gasteiger partial charge in [-0.3, -0.25) is 0 Å². The van der Waals surface area contributed by atoms with E-state index in [4.69, 9.17) is 23.2 Å². The van der Waals surface area contributed by atoms with Crippen LogP contribution in [0.4, 0.5) is 0 Å². The minimum atomic E-state index is 0.350. The Labute approximate surface area is 106 Å². The number of piperidine rings is 1. The summed E-state index contributed by atoms with van der Waals surface area (Å²) in [5.41, 5.74) is 1.71. The third-order valence-corrected chi connectivity index (χ3v) is 5.26. The zero-order valence-corrected chi connectivity index (χ0v) is 11.0. The van der Waals surface area contributed by atoms with Crippen molar-refractivity contribution in [2.75, 3.05) is 13.6 Å². The smallest absolute Gasteiger partial charge is 0.0595 e. The molecule has 3 rings (SSSR count). The van der Waals surface area contributed by atoms with Crippen LogP contribution in [0.3, 0.4) is 0 Å². The Hall–Kier alpha value is -0.240. The largest absolute Gasteiger partial charge is 0.302 e. The van der Waals surface area contributed by atoms with Gasteiger partial charge in [-0.2, -0.15) is 0 Å². The molecule has 1 saturated heterocycles. The van der Waals surface area contributed by atoms with E-state index in [2.05, 4.69) is 31.0 Å². The highest BCUT2D eigenvalue weighted by Crippen LogP contribution is 2.62. The highest BCUT2D eigenvalue weighted by Gasteiger charge is 2.64. The van der Waals surface area contributed by atoms with E-state index in [1.54, 1.807) is 0 Å². The molecule has 0 bridgehead atoms. The maximum absolute atomic E-state index is 6.11. The normalized spacial score (nSPS) is 37.5. The van der Waals surface area contributed by atoms with Crippen molar-refractivity contribution in [1.29, 1.82) is 0 Å². The molecule has 0 amide bonds. The summed E-state index contributed by atoms with van der Waals surface area (Å²) < 4.78 is 0. The molecule has 0 spiro atoms. The lowest BCUT2D eigenvalue weighted by Crippen LogP contribution is -2.33. The van der Waals surface area contributed by atoms with Crippen molar-refractivity contribution in [2.45, 2.75) is 24.8 Å². The fourth-order valence-corrected chi connectivity index (χ4v) is 3.67. The van der Waals surface area contributed by atoms with Crippen molar-refractivity contribution >= 4 is 23.2 Å². The zero-order valence-electron chi connectivity index (χ0n) is 9.50. The van der Waals surface area contributed by atoms with Crippen LogP contribution in [-0.2, 0) is 5.41 Å². The molecule has 0 aromatic heterocycles. The number of halogens is 2. The third kappa shape index (κ3) is 1.28. The van der Waals surface area contributed by atoms with E-state index in [0.717, 1.165) is 5.92 Å². The molecule has 1 heterocycles. The van der Waals surface area contributed by atoms with E-state index in [1.807, 2.05) is 6.07 Å². The van der Waals surface area contributed by atoms with Crippen LogP contribution in [-0.4, -0.2) is 24.5 Å². The minimum absolute atomic E-state index is 0.350. The molecule has 1 aromatic rings. The summed E-state index contributed by atoms with van der Waals surface area (Å²) in [4.78, 5) is 2.44. The lowest BCUT2D eigenvalue weighted by Gasteiger charge is -2.26. The molecule has 1 aliphatic heterocycles. The second kappa shape index (κ2) is 3.38. The van der Waals surface area contributed by atoms with Crippen LogP contribution in [0.1, 0.15) is 18.9 Å². The van der Waals surface area contributed by atoms with Gasteiger partial charge in [0.25, 0.3) is 0 Å². The van der Waals surface area contributed by atoms with Gasteiger partial charge in [0.15, 0.2) is 0 Å². The topological polar surface area (TPSA) is 3.24 Å². The molecular weight excluding hydrogens is 241 g/mol. The first-order valence-electron chi connectivity index (χ1n) is 5.71. The van der Waals surface area contributed by atoms with Gasteiger partial charge < -0.3 is 4.90 Å². The predicted octanol–water partition coefficient (Wildman–Crippen LogP) is 3.59. The number of benzene rings is 1. The highest BCUT2D eigenvalue weighted by molar-refractivity contribution is 6.42. The molecule has 1 saturated carbocycles. The average molecular weight is 256 g/mol. The van der Waals surface area contributed by atoms with Gasteiger partial charge in [0, 0.05) is 18.0 Å². The number of fused-ring (bicyclic) bond motifs is 1. The zero-order chi connectivity index (χ0) is 11.5. The summed E-state index contributed by atoms with van der Waals surface area (Å²) in [6.45, 7) is 3.52. The molecule has 1 aliphatic carbocycles. The predicted molar refractivity (Wildman–Crippen MR) is 68.3 cm³/mol. The Morgan fingerprint density at radius 2 is 2.06 bits per heavy atom. The molecule has 86 valence electrons. The van der Waals surface area contributed by atoms with Crippen LogP contribution in [0.2, 0.25) is 10.0 Å². The van der Waals surface area contributed by atoms with Gasteiger partial charge in [0.05, 0.1) is 10.0 Å². The third-order valence-electron chi connectivity index (χ3n) is 4.52. The first kappa shape index (κ1) is 10.9. The van der Waals surface area contributed by atoms with Gasteiger partial charge in [0.2, 0.25) is 0 Å². The first-order valence-corrected chi connectivity index (χ1v) is 6.47. The summed E-state index contributed by atoms with van der Waals surface area (Å²) in [6.07, 6.45) is 1.30. The Balaban J connectivity index is 2.02. The van der Waals surface area contributed by atoms with Crippen LogP contribution >= 0.6 is 23.2 Å². The molecule has 2 fully saturated rings. The molecule has 1 nitrogen and oxygen atoms in total. The standard InChI is InChI=1S/C13H15Cl2N/c1-8-13(6-10(13)7-16(8)2)9-3-4-11(14)12(15)5-9/h3-5,8,10H,6-7H2,1-2H3/t8?,10?,13-/m0/s1. The van der Waals surface area contributed by atoms with Crippen LogP contribution in [0.15, 0.2) is 18.2 Å². The summed E-state index contributed by atoms with van der Waals surface area (Å²) in [5.74, 6) is 0.810. The Morgan fingerprint density at radius 3 is 2.62 bits per heavy atom. The van der Waals surface area contributed by atoms with Crippen LogP contribution in [0.25, 0.3) is 0 Å². The van der Waals surface area contributed by atoms with Gasteiger partial charge in [-0.15, -0.1) is 0 Å².